The van der Waals surface area contributed by atoms with Crippen molar-refractivity contribution in [3.05, 3.63) is 28.5 Å². The van der Waals surface area contributed by atoms with E-state index in [9.17, 15) is 9.18 Å². The van der Waals surface area contributed by atoms with Crippen LogP contribution in [0, 0.1) is 5.82 Å². The molecule has 3 N–H and O–H groups in total. The van der Waals surface area contributed by atoms with E-state index in [0.29, 0.717) is 16.8 Å². The van der Waals surface area contributed by atoms with Gasteiger partial charge in [-0.3, -0.25) is 4.79 Å². The van der Waals surface area contributed by atoms with Crippen LogP contribution in [0.1, 0.15) is 33.1 Å². The van der Waals surface area contributed by atoms with Gasteiger partial charge in [-0.15, -0.1) is 12.4 Å². The molecular weight excluding hydrogens is 375 g/mol. The summed E-state index contributed by atoms with van der Waals surface area (Å²) in [6.45, 7) is 4.14. The number of carbonyl (C=O) groups excluding carboxylic acids is 1. The number of unbranched alkanes of at least 4 members (excludes halogenated alkanes) is 1. The van der Waals surface area contributed by atoms with Gasteiger partial charge in [0.2, 0.25) is 0 Å². The standard InChI is InChI=1S/C15H22BrFN2O2.ClH/c1-3-4-5-12(9-18)19-15(20)10(2)21-14-7-6-11(17)8-13(14)16;/h6-8,10,12H,3-5,9,18H2,1-2H3,(H,19,20);1H. The quantitative estimate of drug-likeness (QED) is 0.706. The van der Waals surface area contributed by atoms with Gasteiger partial charge in [-0.2, -0.15) is 0 Å². The summed E-state index contributed by atoms with van der Waals surface area (Å²) >= 11 is 3.21. The summed E-state index contributed by atoms with van der Waals surface area (Å²) in [4.78, 5) is 12.1. The third-order valence-electron chi connectivity index (χ3n) is 3.10. The SMILES string of the molecule is CCCCC(CN)NC(=O)C(C)Oc1ccc(F)cc1Br.Cl. The molecule has 126 valence electrons. The normalized spacial score (nSPS) is 13.0. The van der Waals surface area contributed by atoms with Crippen LogP contribution in [-0.2, 0) is 4.79 Å². The fourth-order valence-corrected chi connectivity index (χ4v) is 2.28. The Balaban J connectivity index is 0.00000441. The van der Waals surface area contributed by atoms with Crippen molar-refractivity contribution in [2.45, 2.75) is 45.3 Å². The summed E-state index contributed by atoms with van der Waals surface area (Å²) in [5, 5.41) is 2.87. The van der Waals surface area contributed by atoms with Crippen LogP contribution >= 0.6 is 28.3 Å². The summed E-state index contributed by atoms with van der Waals surface area (Å²) in [5.41, 5.74) is 5.65. The lowest BCUT2D eigenvalue weighted by molar-refractivity contribution is -0.128. The molecule has 1 rings (SSSR count). The van der Waals surface area contributed by atoms with Crippen LogP contribution in [0.15, 0.2) is 22.7 Å². The van der Waals surface area contributed by atoms with Gasteiger partial charge in [0.05, 0.1) is 4.47 Å². The number of benzene rings is 1. The fourth-order valence-electron chi connectivity index (χ4n) is 1.83. The van der Waals surface area contributed by atoms with Crippen LogP contribution in [0.3, 0.4) is 0 Å². The molecule has 22 heavy (non-hydrogen) atoms. The Kier molecular flexibility index (Phi) is 10.4. The van der Waals surface area contributed by atoms with Crippen molar-refractivity contribution >= 4 is 34.2 Å². The Hall–Kier alpha value is -0.850. The molecule has 7 heteroatoms. The zero-order valence-electron chi connectivity index (χ0n) is 12.8. The third-order valence-corrected chi connectivity index (χ3v) is 3.72. The first-order valence-electron chi connectivity index (χ1n) is 7.10. The van der Waals surface area contributed by atoms with Crippen LogP contribution < -0.4 is 15.8 Å². The molecule has 2 unspecified atom stereocenters. The molecule has 1 aromatic carbocycles. The molecular formula is C15H23BrClFN2O2. The average Bonchev–Trinajstić information content (AvgIpc) is 2.45. The second-order valence-corrected chi connectivity index (χ2v) is 5.77. The summed E-state index contributed by atoms with van der Waals surface area (Å²) in [6, 6.07) is 4.03. The molecule has 0 saturated carbocycles. The van der Waals surface area contributed by atoms with Crippen molar-refractivity contribution in [1.82, 2.24) is 5.32 Å². The number of hydrogen-bond acceptors (Lipinski definition) is 3. The minimum atomic E-state index is -0.678. The number of carbonyl (C=O) groups is 1. The van der Waals surface area contributed by atoms with Crippen LogP contribution in [0.25, 0.3) is 0 Å². The second-order valence-electron chi connectivity index (χ2n) is 4.92. The van der Waals surface area contributed by atoms with Gasteiger partial charge in [-0.25, -0.2) is 4.39 Å². The fraction of sp³-hybridized carbons (Fsp3) is 0.533. The molecule has 1 aromatic rings. The summed E-state index contributed by atoms with van der Waals surface area (Å²) in [6.07, 6.45) is 2.25. The lowest BCUT2D eigenvalue weighted by atomic mass is 10.1. The van der Waals surface area contributed by atoms with E-state index in [0.717, 1.165) is 19.3 Å². The van der Waals surface area contributed by atoms with Crippen LogP contribution in [-0.4, -0.2) is 24.6 Å². The first kappa shape index (κ1) is 21.1. The first-order valence-corrected chi connectivity index (χ1v) is 7.89. The van der Waals surface area contributed by atoms with E-state index in [2.05, 4.69) is 28.2 Å². The van der Waals surface area contributed by atoms with Crippen molar-refractivity contribution in [3.8, 4) is 5.75 Å². The van der Waals surface area contributed by atoms with E-state index < -0.39 is 6.10 Å². The Morgan fingerprint density at radius 1 is 1.50 bits per heavy atom. The molecule has 0 aliphatic heterocycles. The van der Waals surface area contributed by atoms with E-state index in [4.69, 9.17) is 10.5 Å². The lowest BCUT2D eigenvalue weighted by Crippen LogP contribution is -2.45. The van der Waals surface area contributed by atoms with Crippen molar-refractivity contribution in [1.29, 1.82) is 0 Å². The molecule has 0 aliphatic rings. The van der Waals surface area contributed by atoms with Gasteiger partial charge in [0.25, 0.3) is 5.91 Å². The van der Waals surface area contributed by atoms with Crippen molar-refractivity contribution in [2.24, 2.45) is 5.73 Å². The van der Waals surface area contributed by atoms with E-state index in [1.54, 1.807) is 6.92 Å². The van der Waals surface area contributed by atoms with Crippen LogP contribution in [0.5, 0.6) is 5.75 Å². The lowest BCUT2D eigenvalue weighted by Gasteiger charge is -2.20. The predicted octanol–water partition coefficient (Wildman–Crippen LogP) is 3.41. The molecule has 0 aliphatic carbocycles. The van der Waals surface area contributed by atoms with E-state index in [1.807, 2.05) is 0 Å². The number of nitrogens with one attached hydrogen (secondary N) is 1. The maximum Gasteiger partial charge on any atom is 0.261 e. The smallest absolute Gasteiger partial charge is 0.261 e. The molecule has 0 radical (unpaired) electrons. The molecule has 1 amide bonds. The maximum absolute atomic E-state index is 13.0. The molecule has 4 nitrogen and oxygen atoms in total. The molecule has 0 fully saturated rings. The number of halogens is 3. The largest absolute Gasteiger partial charge is 0.480 e. The first-order chi connectivity index (χ1) is 9.97. The highest BCUT2D eigenvalue weighted by Crippen LogP contribution is 2.26. The Labute approximate surface area is 145 Å². The zero-order valence-corrected chi connectivity index (χ0v) is 15.2. The Morgan fingerprint density at radius 3 is 2.73 bits per heavy atom. The highest BCUT2D eigenvalue weighted by Gasteiger charge is 2.19. The molecule has 0 bridgehead atoms. The molecule has 0 heterocycles. The third kappa shape index (κ3) is 6.94. The van der Waals surface area contributed by atoms with E-state index >= 15 is 0 Å². The Bertz CT molecular complexity index is 477. The molecule has 2 atom stereocenters. The van der Waals surface area contributed by atoms with E-state index in [-0.39, 0.29) is 30.2 Å². The minimum Gasteiger partial charge on any atom is -0.480 e. The number of hydrogen-bond donors (Lipinski definition) is 2. The molecule has 0 aromatic heterocycles. The van der Waals surface area contributed by atoms with Gasteiger partial charge in [-0.05, 0) is 47.5 Å². The predicted molar refractivity (Wildman–Crippen MR) is 91.9 cm³/mol. The monoisotopic (exact) mass is 396 g/mol. The Morgan fingerprint density at radius 2 is 2.18 bits per heavy atom. The summed E-state index contributed by atoms with van der Waals surface area (Å²) < 4.78 is 19.0. The highest BCUT2D eigenvalue weighted by molar-refractivity contribution is 9.10. The zero-order chi connectivity index (χ0) is 15.8. The number of amides is 1. The number of rotatable bonds is 8. The second kappa shape index (κ2) is 10.8. The van der Waals surface area contributed by atoms with E-state index in [1.165, 1.54) is 18.2 Å². The van der Waals surface area contributed by atoms with Gasteiger partial charge in [-0.1, -0.05) is 19.8 Å². The minimum absolute atomic E-state index is 0. The van der Waals surface area contributed by atoms with Gasteiger partial charge in [0.15, 0.2) is 6.10 Å². The van der Waals surface area contributed by atoms with Crippen LogP contribution in [0.4, 0.5) is 4.39 Å². The average molecular weight is 398 g/mol. The number of ether oxygens (including phenoxy) is 1. The van der Waals surface area contributed by atoms with Crippen molar-refractivity contribution in [3.63, 3.8) is 0 Å². The number of nitrogens with two attached hydrogens (primary N) is 1. The van der Waals surface area contributed by atoms with Gasteiger partial charge in [0.1, 0.15) is 11.6 Å². The van der Waals surface area contributed by atoms with Crippen molar-refractivity contribution < 1.29 is 13.9 Å². The maximum atomic E-state index is 13.0. The summed E-state index contributed by atoms with van der Waals surface area (Å²) in [7, 11) is 0. The topological polar surface area (TPSA) is 64.3 Å². The molecule has 0 saturated heterocycles. The van der Waals surface area contributed by atoms with Gasteiger partial charge in [0, 0.05) is 12.6 Å². The summed E-state index contributed by atoms with van der Waals surface area (Å²) in [5.74, 6) is -0.163. The highest BCUT2D eigenvalue weighted by atomic mass is 79.9. The van der Waals surface area contributed by atoms with Crippen LogP contribution in [0.2, 0.25) is 0 Å². The van der Waals surface area contributed by atoms with Gasteiger partial charge >= 0.3 is 0 Å². The molecule has 0 spiro atoms. The van der Waals surface area contributed by atoms with Gasteiger partial charge < -0.3 is 15.8 Å². The van der Waals surface area contributed by atoms with Crippen molar-refractivity contribution in [2.75, 3.05) is 6.54 Å².